The van der Waals surface area contributed by atoms with E-state index in [0.717, 1.165) is 50.7 Å². The van der Waals surface area contributed by atoms with Gasteiger partial charge < -0.3 is 9.47 Å². The van der Waals surface area contributed by atoms with Gasteiger partial charge in [-0.1, -0.05) is 6.07 Å². The van der Waals surface area contributed by atoms with Crippen LogP contribution in [0.5, 0.6) is 5.75 Å². The van der Waals surface area contributed by atoms with Crippen molar-refractivity contribution in [2.24, 2.45) is 0 Å². The second kappa shape index (κ2) is 9.85. The topological polar surface area (TPSA) is 51.7 Å². The van der Waals surface area contributed by atoms with Crippen molar-refractivity contribution >= 4 is 11.9 Å². The molecule has 0 atom stereocenters. The van der Waals surface area contributed by atoms with Crippen molar-refractivity contribution in [1.82, 2.24) is 9.88 Å². The number of benzene rings is 1. The van der Waals surface area contributed by atoms with Gasteiger partial charge in [0.15, 0.2) is 5.78 Å². The minimum atomic E-state index is -0.0467. The third-order valence-electron chi connectivity index (χ3n) is 4.22. The molecular formula is C21H24N2O3. The van der Waals surface area contributed by atoms with Crippen LogP contribution in [0.2, 0.25) is 0 Å². The summed E-state index contributed by atoms with van der Waals surface area (Å²) in [6.07, 6.45) is 5.95. The van der Waals surface area contributed by atoms with Gasteiger partial charge in [-0.05, 0) is 55.0 Å². The number of carbonyl (C=O) groups excluding carboxylic acids is 1. The van der Waals surface area contributed by atoms with E-state index in [1.54, 1.807) is 30.5 Å². The lowest BCUT2D eigenvalue weighted by Gasteiger charge is -2.26. The van der Waals surface area contributed by atoms with E-state index in [1.807, 2.05) is 30.3 Å². The van der Waals surface area contributed by atoms with E-state index in [9.17, 15) is 4.79 Å². The summed E-state index contributed by atoms with van der Waals surface area (Å²) in [4.78, 5) is 18.7. The van der Waals surface area contributed by atoms with Crippen molar-refractivity contribution in [3.63, 3.8) is 0 Å². The van der Waals surface area contributed by atoms with E-state index in [2.05, 4.69) is 9.88 Å². The number of ketones is 1. The van der Waals surface area contributed by atoms with E-state index in [1.165, 1.54) is 0 Å². The van der Waals surface area contributed by atoms with Crippen LogP contribution >= 0.6 is 0 Å². The highest BCUT2D eigenvalue weighted by Gasteiger charge is 2.09. The van der Waals surface area contributed by atoms with Crippen LogP contribution in [0, 0.1) is 0 Å². The Morgan fingerprint density at radius 1 is 1.15 bits per heavy atom. The van der Waals surface area contributed by atoms with Crippen molar-refractivity contribution in [2.45, 2.75) is 6.42 Å². The number of rotatable bonds is 8. The first-order valence-electron chi connectivity index (χ1n) is 8.98. The summed E-state index contributed by atoms with van der Waals surface area (Å²) in [5, 5.41) is 0. The summed E-state index contributed by atoms with van der Waals surface area (Å²) in [6.45, 7) is 5.35. The van der Waals surface area contributed by atoms with Crippen LogP contribution in [0.3, 0.4) is 0 Å². The Balaban J connectivity index is 1.42. The molecule has 2 heterocycles. The fourth-order valence-electron chi connectivity index (χ4n) is 2.75. The quantitative estimate of drug-likeness (QED) is 0.415. The van der Waals surface area contributed by atoms with Gasteiger partial charge in [0.1, 0.15) is 5.75 Å². The Hall–Kier alpha value is -2.50. The number of hydrogen-bond acceptors (Lipinski definition) is 5. The molecule has 5 heteroatoms. The number of hydrogen-bond donors (Lipinski definition) is 0. The summed E-state index contributed by atoms with van der Waals surface area (Å²) in [5.41, 5.74) is 1.40. The summed E-state index contributed by atoms with van der Waals surface area (Å²) in [7, 11) is 0. The number of morpholine rings is 1. The van der Waals surface area contributed by atoms with Crippen LogP contribution in [-0.4, -0.2) is 55.1 Å². The van der Waals surface area contributed by atoms with Crippen LogP contribution in [0.25, 0.3) is 6.08 Å². The smallest absolute Gasteiger partial charge is 0.185 e. The predicted molar refractivity (Wildman–Crippen MR) is 101 cm³/mol. The van der Waals surface area contributed by atoms with E-state index < -0.39 is 0 Å². The zero-order valence-electron chi connectivity index (χ0n) is 14.8. The number of allylic oxidation sites excluding steroid dienone is 1. The first kappa shape index (κ1) is 18.3. The summed E-state index contributed by atoms with van der Waals surface area (Å²) < 4.78 is 11.1. The van der Waals surface area contributed by atoms with Gasteiger partial charge in [-0.3, -0.25) is 14.7 Å². The van der Waals surface area contributed by atoms with Crippen molar-refractivity contribution in [3.8, 4) is 5.75 Å². The van der Waals surface area contributed by atoms with Gasteiger partial charge in [0, 0.05) is 31.4 Å². The molecule has 1 aliphatic rings. The normalized spacial score (nSPS) is 15.2. The molecule has 0 radical (unpaired) electrons. The van der Waals surface area contributed by atoms with Crippen molar-refractivity contribution < 1.29 is 14.3 Å². The van der Waals surface area contributed by atoms with E-state index in [-0.39, 0.29) is 5.78 Å². The standard InChI is InChI=1S/C21H24N2O3/c24-21(10-7-19-4-1-2-11-22-19)18-5-8-20(9-6-18)26-15-3-12-23-13-16-25-17-14-23/h1-2,4-11H,3,12-17H2/b10-7+. The molecule has 1 fully saturated rings. The highest BCUT2D eigenvalue weighted by Crippen LogP contribution is 2.14. The Labute approximate surface area is 154 Å². The molecule has 5 nitrogen and oxygen atoms in total. The largest absolute Gasteiger partial charge is 0.494 e. The first-order chi connectivity index (χ1) is 12.8. The van der Waals surface area contributed by atoms with Gasteiger partial charge >= 0.3 is 0 Å². The molecular weight excluding hydrogens is 328 g/mol. The van der Waals surface area contributed by atoms with Crippen LogP contribution in [0.4, 0.5) is 0 Å². The highest BCUT2D eigenvalue weighted by molar-refractivity contribution is 6.06. The lowest BCUT2D eigenvalue weighted by atomic mass is 10.1. The number of nitrogens with zero attached hydrogens (tertiary/aromatic N) is 2. The van der Waals surface area contributed by atoms with Crippen LogP contribution in [-0.2, 0) is 4.74 Å². The second-order valence-electron chi connectivity index (χ2n) is 6.13. The van der Waals surface area contributed by atoms with Crippen LogP contribution < -0.4 is 4.74 Å². The van der Waals surface area contributed by atoms with Gasteiger partial charge in [0.25, 0.3) is 0 Å². The number of ether oxygens (including phenoxy) is 2. The van der Waals surface area contributed by atoms with Crippen molar-refractivity contribution in [3.05, 3.63) is 66.0 Å². The molecule has 0 N–H and O–H groups in total. The maximum absolute atomic E-state index is 12.2. The number of aromatic nitrogens is 1. The van der Waals surface area contributed by atoms with E-state index in [4.69, 9.17) is 9.47 Å². The molecule has 0 amide bonds. The Bertz CT molecular complexity index is 708. The zero-order valence-corrected chi connectivity index (χ0v) is 14.8. The molecule has 1 aromatic heterocycles. The average Bonchev–Trinajstić information content (AvgIpc) is 2.71. The molecule has 136 valence electrons. The SMILES string of the molecule is O=C(/C=C/c1ccccn1)c1ccc(OCCCN2CCOCC2)cc1. The Morgan fingerprint density at radius 2 is 1.96 bits per heavy atom. The molecule has 0 spiro atoms. The van der Waals surface area contributed by atoms with Gasteiger partial charge in [0.05, 0.1) is 25.5 Å². The predicted octanol–water partition coefficient (Wildman–Crippen LogP) is 3.08. The lowest BCUT2D eigenvalue weighted by Crippen LogP contribution is -2.37. The van der Waals surface area contributed by atoms with Crippen molar-refractivity contribution in [1.29, 1.82) is 0 Å². The van der Waals surface area contributed by atoms with Crippen LogP contribution in [0.1, 0.15) is 22.5 Å². The number of pyridine rings is 1. The maximum atomic E-state index is 12.2. The van der Waals surface area contributed by atoms with Crippen molar-refractivity contribution in [2.75, 3.05) is 39.5 Å². The molecule has 0 bridgehead atoms. The summed E-state index contributed by atoms with van der Waals surface area (Å²) in [5.74, 6) is 0.742. The molecule has 0 unspecified atom stereocenters. The van der Waals surface area contributed by atoms with E-state index in [0.29, 0.717) is 12.2 Å². The van der Waals surface area contributed by atoms with Gasteiger partial charge in [-0.25, -0.2) is 0 Å². The average molecular weight is 352 g/mol. The zero-order chi connectivity index (χ0) is 18.0. The third-order valence-corrected chi connectivity index (χ3v) is 4.22. The fraction of sp³-hybridized carbons (Fsp3) is 0.333. The summed E-state index contributed by atoms with van der Waals surface area (Å²) in [6, 6.07) is 12.9. The van der Waals surface area contributed by atoms with Gasteiger partial charge in [-0.15, -0.1) is 0 Å². The summed E-state index contributed by atoms with van der Waals surface area (Å²) >= 11 is 0. The number of carbonyl (C=O) groups is 1. The lowest BCUT2D eigenvalue weighted by molar-refractivity contribution is 0.0358. The molecule has 0 aliphatic carbocycles. The highest BCUT2D eigenvalue weighted by atomic mass is 16.5. The first-order valence-corrected chi connectivity index (χ1v) is 8.98. The minimum Gasteiger partial charge on any atom is -0.494 e. The minimum absolute atomic E-state index is 0.0467. The Morgan fingerprint density at radius 3 is 2.69 bits per heavy atom. The monoisotopic (exact) mass is 352 g/mol. The molecule has 3 rings (SSSR count). The second-order valence-corrected chi connectivity index (χ2v) is 6.13. The van der Waals surface area contributed by atoms with E-state index >= 15 is 0 Å². The fourth-order valence-corrected chi connectivity index (χ4v) is 2.75. The Kier molecular flexibility index (Phi) is 6.93. The maximum Gasteiger partial charge on any atom is 0.185 e. The molecule has 0 saturated carbocycles. The molecule has 1 aromatic carbocycles. The molecule has 26 heavy (non-hydrogen) atoms. The third kappa shape index (κ3) is 5.79. The van der Waals surface area contributed by atoms with Crippen LogP contribution in [0.15, 0.2) is 54.7 Å². The van der Waals surface area contributed by atoms with Gasteiger partial charge in [-0.2, -0.15) is 0 Å². The molecule has 1 aliphatic heterocycles. The molecule has 2 aromatic rings. The molecule has 1 saturated heterocycles. The van der Waals surface area contributed by atoms with Gasteiger partial charge in [0.2, 0.25) is 0 Å².